The number of hydrogen-bond acceptors (Lipinski definition) is 3. The normalized spacial score (nSPS) is 10.1. The summed E-state index contributed by atoms with van der Waals surface area (Å²) in [6.45, 7) is 0. The summed E-state index contributed by atoms with van der Waals surface area (Å²) in [5.41, 5.74) is 2.01. The molecule has 0 aliphatic rings. The first-order valence-corrected chi connectivity index (χ1v) is 6.11. The summed E-state index contributed by atoms with van der Waals surface area (Å²) >= 11 is 3.42. The smallest absolute Gasteiger partial charge is 0.269 e. The number of non-ortho nitro benzene ring substituents is 1. The highest BCUT2D eigenvalue weighted by molar-refractivity contribution is 9.10. The SMILES string of the molecule is CN(c1ccc([N+](=O)[O-])cc1)c1cccc(Br)c1. The summed E-state index contributed by atoms with van der Waals surface area (Å²) in [5.74, 6) is 0. The summed E-state index contributed by atoms with van der Waals surface area (Å²) in [5, 5.41) is 10.6. The van der Waals surface area contributed by atoms with Crippen LogP contribution in [-0.4, -0.2) is 12.0 Å². The van der Waals surface area contributed by atoms with E-state index in [1.165, 1.54) is 12.1 Å². The number of nitrogens with zero attached hydrogens (tertiary/aromatic N) is 2. The fraction of sp³-hybridized carbons (Fsp3) is 0.0769. The minimum atomic E-state index is -0.400. The van der Waals surface area contributed by atoms with Gasteiger partial charge in [0.15, 0.2) is 0 Å². The van der Waals surface area contributed by atoms with Gasteiger partial charge < -0.3 is 4.90 Å². The van der Waals surface area contributed by atoms with Crippen molar-refractivity contribution in [3.05, 3.63) is 63.1 Å². The van der Waals surface area contributed by atoms with Crippen molar-refractivity contribution < 1.29 is 4.92 Å². The molecule has 0 fully saturated rings. The van der Waals surface area contributed by atoms with Gasteiger partial charge in [-0.3, -0.25) is 10.1 Å². The van der Waals surface area contributed by atoms with Crippen LogP contribution in [0.2, 0.25) is 0 Å². The summed E-state index contributed by atoms with van der Waals surface area (Å²) in [4.78, 5) is 12.1. The number of hydrogen-bond donors (Lipinski definition) is 0. The molecule has 2 aromatic carbocycles. The Morgan fingerprint density at radius 3 is 2.33 bits per heavy atom. The van der Waals surface area contributed by atoms with E-state index in [0.717, 1.165) is 15.8 Å². The van der Waals surface area contributed by atoms with Gasteiger partial charge in [-0.15, -0.1) is 0 Å². The summed E-state index contributed by atoms with van der Waals surface area (Å²) in [6, 6.07) is 14.3. The Bertz CT molecular complexity index is 569. The lowest BCUT2D eigenvalue weighted by Gasteiger charge is -2.19. The maximum atomic E-state index is 10.6. The molecule has 0 N–H and O–H groups in total. The molecule has 5 heteroatoms. The molecule has 0 saturated heterocycles. The van der Waals surface area contributed by atoms with Crippen molar-refractivity contribution in [1.29, 1.82) is 0 Å². The monoisotopic (exact) mass is 306 g/mol. The van der Waals surface area contributed by atoms with E-state index in [4.69, 9.17) is 0 Å². The molecule has 92 valence electrons. The molecule has 0 spiro atoms. The maximum absolute atomic E-state index is 10.6. The predicted molar refractivity (Wildman–Crippen MR) is 75.3 cm³/mol. The number of halogens is 1. The van der Waals surface area contributed by atoms with Crippen LogP contribution in [0.15, 0.2) is 53.0 Å². The van der Waals surface area contributed by atoms with Crippen molar-refractivity contribution >= 4 is 33.0 Å². The number of rotatable bonds is 3. The molecule has 0 aromatic heterocycles. The molecule has 0 aliphatic heterocycles. The van der Waals surface area contributed by atoms with Crippen molar-refractivity contribution in [3.63, 3.8) is 0 Å². The Balaban J connectivity index is 2.28. The molecule has 0 bridgehead atoms. The molecule has 2 rings (SSSR count). The van der Waals surface area contributed by atoms with Crippen molar-refractivity contribution in [1.82, 2.24) is 0 Å². The second kappa shape index (κ2) is 5.18. The lowest BCUT2D eigenvalue weighted by molar-refractivity contribution is -0.384. The predicted octanol–water partition coefficient (Wildman–Crippen LogP) is 4.13. The molecule has 0 atom stereocenters. The number of benzene rings is 2. The van der Waals surface area contributed by atoms with Gasteiger partial charge >= 0.3 is 0 Å². The van der Waals surface area contributed by atoms with E-state index < -0.39 is 4.92 Å². The van der Waals surface area contributed by atoms with Crippen LogP contribution in [-0.2, 0) is 0 Å². The van der Waals surface area contributed by atoms with Crippen LogP contribution >= 0.6 is 15.9 Å². The first-order valence-electron chi connectivity index (χ1n) is 5.31. The number of anilines is 2. The van der Waals surface area contributed by atoms with Crippen molar-refractivity contribution in [2.75, 3.05) is 11.9 Å². The summed E-state index contributed by atoms with van der Waals surface area (Å²) in [7, 11) is 1.92. The molecule has 0 radical (unpaired) electrons. The zero-order valence-electron chi connectivity index (χ0n) is 9.71. The lowest BCUT2D eigenvalue weighted by Crippen LogP contribution is -2.09. The van der Waals surface area contributed by atoms with Crippen LogP contribution in [0.5, 0.6) is 0 Å². The van der Waals surface area contributed by atoms with E-state index in [1.54, 1.807) is 12.1 Å². The quantitative estimate of drug-likeness (QED) is 0.633. The van der Waals surface area contributed by atoms with Crippen molar-refractivity contribution in [3.8, 4) is 0 Å². The highest BCUT2D eigenvalue weighted by Crippen LogP contribution is 2.27. The third-order valence-electron chi connectivity index (χ3n) is 2.64. The molecule has 0 amide bonds. The minimum absolute atomic E-state index is 0.0985. The van der Waals surface area contributed by atoms with E-state index in [0.29, 0.717) is 0 Å². The second-order valence-electron chi connectivity index (χ2n) is 3.81. The van der Waals surface area contributed by atoms with Gasteiger partial charge in [-0.1, -0.05) is 22.0 Å². The largest absolute Gasteiger partial charge is 0.345 e. The highest BCUT2D eigenvalue weighted by Gasteiger charge is 2.08. The fourth-order valence-corrected chi connectivity index (χ4v) is 2.02. The molecule has 2 aromatic rings. The van der Waals surface area contributed by atoms with E-state index in [9.17, 15) is 10.1 Å². The van der Waals surface area contributed by atoms with Crippen LogP contribution in [0.3, 0.4) is 0 Å². The van der Waals surface area contributed by atoms with Crippen LogP contribution in [0.25, 0.3) is 0 Å². The molecule has 0 saturated carbocycles. The fourth-order valence-electron chi connectivity index (χ4n) is 1.63. The lowest BCUT2D eigenvalue weighted by atomic mass is 10.2. The Morgan fingerprint density at radius 1 is 1.11 bits per heavy atom. The van der Waals surface area contributed by atoms with E-state index in [-0.39, 0.29) is 5.69 Å². The average molecular weight is 307 g/mol. The second-order valence-corrected chi connectivity index (χ2v) is 4.73. The standard InChI is InChI=1S/C13H11BrN2O2/c1-15(13-4-2-3-10(14)9-13)11-5-7-12(8-6-11)16(17)18/h2-9H,1H3. The van der Waals surface area contributed by atoms with Gasteiger partial charge in [0.1, 0.15) is 0 Å². The zero-order valence-corrected chi connectivity index (χ0v) is 11.3. The van der Waals surface area contributed by atoms with Gasteiger partial charge in [0.05, 0.1) is 4.92 Å². The summed E-state index contributed by atoms with van der Waals surface area (Å²) < 4.78 is 0.994. The molecule has 0 heterocycles. The highest BCUT2D eigenvalue weighted by atomic mass is 79.9. The maximum Gasteiger partial charge on any atom is 0.269 e. The van der Waals surface area contributed by atoms with Gasteiger partial charge in [0.25, 0.3) is 5.69 Å². The van der Waals surface area contributed by atoms with Gasteiger partial charge in [-0.25, -0.2) is 0 Å². The first kappa shape index (κ1) is 12.6. The van der Waals surface area contributed by atoms with Gasteiger partial charge in [-0.05, 0) is 30.3 Å². The average Bonchev–Trinajstić information content (AvgIpc) is 2.38. The molecule has 0 unspecified atom stereocenters. The number of nitro groups is 1. The molecular formula is C13H11BrN2O2. The number of nitro benzene ring substituents is 1. The van der Waals surface area contributed by atoms with Crippen molar-refractivity contribution in [2.24, 2.45) is 0 Å². The summed E-state index contributed by atoms with van der Waals surface area (Å²) in [6.07, 6.45) is 0. The first-order chi connectivity index (χ1) is 8.58. The van der Waals surface area contributed by atoms with Gasteiger partial charge in [-0.2, -0.15) is 0 Å². The molecule has 0 aliphatic carbocycles. The van der Waals surface area contributed by atoms with Crippen LogP contribution < -0.4 is 4.90 Å². The van der Waals surface area contributed by atoms with Crippen LogP contribution in [0, 0.1) is 10.1 Å². The van der Waals surface area contributed by atoms with Gasteiger partial charge in [0.2, 0.25) is 0 Å². The third-order valence-corrected chi connectivity index (χ3v) is 3.14. The Morgan fingerprint density at radius 2 is 1.78 bits per heavy atom. The van der Waals surface area contributed by atoms with Crippen LogP contribution in [0.4, 0.5) is 17.1 Å². The van der Waals surface area contributed by atoms with Crippen molar-refractivity contribution in [2.45, 2.75) is 0 Å². The van der Waals surface area contributed by atoms with E-state index >= 15 is 0 Å². The zero-order chi connectivity index (χ0) is 13.1. The van der Waals surface area contributed by atoms with Crippen LogP contribution in [0.1, 0.15) is 0 Å². The molecule has 4 nitrogen and oxygen atoms in total. The Kier molecular flexibility index (Phi) is 3.62. The molecular weight excluding hydrogens is 296 g/mol. The topological polar surface area (TPSA) is 46.4 Å². The van der Waals surface area contributed by atoms with Gasteiger partial charge in [0, 0.05) is 35.0 Å². The Hall–Kier alpha value is -1.88. The third kappa shape index (κ3) is 2.68. The molecule has 18 heavy (non-hydrogen) atoms. The van der Waals surface area contributed by atoms with E-state index in [1.807, 2.05) is 36.2 Å². The Labute approximate surface area is 113 Å². The minimum Gasteiger partial charge on any atom is -0.345 e. The van der Waals surface area contributed by atoms with E-state index in [2.05, 4.69) is 15.9 Å².